The lowest BCUT2D eigenvalue weighted by Gasteiger charge is -2.28. The van der Waals surface area contributed by atoms with E-state index in [9.17, 15) is 18.0 Å². The topological polar surface area (TPSA) is 29.1 Å². The van der Waals surface area contributed by atoms with E-state index in [0.29, 0.717) is 23.3 Å². The minimum Gasteiger partial charge on any atom is -0.345 e. The van der Waals surface area contributed by atoms with E-state index in [4.69, 9.17) is 0 Å². The molecule has 2 bridgehead atoms. The van der Waals surface area contributed by atoms with Gasteiger partial charge in [-0.2, -0.15) is 24.9 Å². The number of fused-ring (bicyclic) bond motifs is 2. The van der Waals surface area contributed by atoms with Crippen LogP contribution in [0.5, 0.6) is 0 Å². The van der Waals surface area contributed by atoms with Crippen molar-refractivity contribution in [2.75, 3.05) is 0 Å². The Morgan fingerprint density at radius 1 is 1.20 bits per heavy atom. The van der Waals surface area contributed by atoms with E-state index >= 15 is 0 Å². The van der Waals surface area contributed by atoms with Crippen LogP contribution in [-0.2, 0) is 4.79 Å². The molecular formula is C9H12F3NOS. The van der Waals surface area contributed by atoms with E-state index in [2.05, 4.69) is 5.32 Å². The Hall–Kier alpha value is -0.390. The first kappa shape index (κ1) is 11.1. The molecule has 2 unspecified atom stereocenters. The van der Waals surface area contributed by atoms with Gasteiger partial charge in [0.05, 0.1) is 0 Å². The van der Waals surface area contributed by atoms with Crippen molar-refractivity contribution >= 4 is 17.7 Å². The Morgan fingerprint density at radius 3 is 2.20 bits per heavy atom. The van der Waals surface area contributed by atoms with Crippen molar-refractivity contribution in [3.63, 3.8) is 0 Å². The number of nitrogens with one attached hydrogen (secondary N) is 1. The van der Waals surface area contributed by atoms with Crippen LogP contribution < -0.4 is 5.32 Å². The van der Waals surface area contributed by atoms with E-state index in [-0.39, 0.29) is 6.04 Å². The number of rotatable bonds is 1. The van der Waals surface area contributed by atoms with Crippen LogP contribution >= 0.6 is 11.8 Å². The van der Waals surface area contributed by atoms with Gasteiger partial charge in [0, 0.05) is 16.5 Å². The molecule has 6 heteroatoms. The smallest absolute Gasteiger partial charge is 0.345 e. The van der Waals surface area contributed by atoms with E-state index in [1.165, 1.54) is 0 Å². The number of thioether (sulfide) groups is 1. The van der Waals surface area contributed by atoms with E-state index in [1.54, 1.807) is 0 Å². The van der Waals surface area contributed by atoms with Crippen LogP contribution in [0.25, 0.3) is 0 Å². The molecule has 2 heterocycles. The fraction of sp³-hybridized carbons (Fsp3) is 0.889. The van der Waals surface area contributed by atoms with Gasteiger partial charge in [-0.1, -0.05) is 0 Å². The van der Waals surface area contributed by atoms with Gasteiger partial charge in [-0.3, -0.25) is 4.79 Å². The molecule has 2 fully saturated rings. The molecule has 2 nitrogen and oxygen atoms in total. The summed E-state index contributed by atoms with van der Waals surface area (Å²) in [5.41, 5.74) is 0. The fourth-order valence-electron chi connectivity index (χ4n) is 2.24. The first-order valence-corrected chi connectivity index (χ1v) is 5.92. The van der Waals surface area contributed by atoms with Crippen LogP contribution in [0.1, 0.15) is 25.7 Å². The highest BCUT2D eigenvalue weighted by atomic mass is 32.2. The molecule has 2 atom stereocenters. The molecule has 0 aromatic carbocycles. The SMILES string of the molecule is O=C(NC1CC2CCC(C1)S2)C(F)(F)F. The zero-order valence-electron chi connectivity index (χ0n) is 8.01. The molecule has 0 aromatic rings. The average molecular weight is 239 g/mol. The summed E-state index contributed by atoms with van der Waals surface area (Å²) >= 11 is 1.86. The Balaban J connectivity index is 1.88. The van der Waals surface area contributed by atoms with Crippen molar-refractivity contribution in [1.82, 2.24) is 5.32 Å². The zero-order valence-corrected chi connectivity index (χ0v) is 8.83. The highest BCUT2D eigenvalue weighted by molar-refractivity contribution is 8.00. The lowest BCUT2D eigenvalue weighted by Crippen LogP contribution is -2.45. The van der Waals surface area contributed by atoms with Gasteiger partial charge in [0.1, 0.15) is 0 Å². The van der Waals surface area contributed by atoms with Gasteiger partial charge in [-0.25, -0.2) is 0 Å². The normalized spacial score (nSPS) is 35.3. The molecule has 0 aliphatic carbocycles. The largest absolute Gasteiger partial charge is 0.471 e. The summed E-state index contributed by atoms with van der Waals surface area (Å²) in [6.07, 6.45) is -1.23. The monoisotopic (exact) mass is 239 g/mol. The second-order valence-electron chi connectivity index (χ2n) is 4.10. The van der Waals surface area contributed by atoms with Crippen molar-refractivity contribution in [2.24, 2.45) is 0 Å². The Bertz CT molecular complexity index is 257. The molecule has 0 saturated carbocycles. The molecule has 1 N–H and O–H groups in total. The van der Waals surface area contributed by atoms with Crippen molar-refractivity contribution in [2.45, 2.75) is 48.4 Å². The van der Waals surface area contributed by atoms with E-state index in [1.807, 2.05) is 11.8 Å². The van der Waals surface area contributed by atoms with Crippen LogP contribution in [0, 0.1) is 0 Å². The molecule has 2 saturated heterocycles. The highest BCUT2D eigenvalue weighted by Gasteiger charge is 2.42. The molecule has 86 valence electrons. The number of carbonyl (C=O) groups excluding carboxylic acids is 1. The minimum absolute atomic E-state index is 0.280. The number of alkyl halides is 3. The predicted octanol–water partition coefficient (Wildman–Crippen LogP) is 2.09. The van der Waals surface area contributed by atoms with Crippen molar-refractivity contribution in [1.29, 1.82) is 0 Å². The first-order chi connectivity index (χ1) is 6.95. The quantitative estimate of drug-likeness (QED) is 0.759. The number of hydrogen-bond donors (Lipinski definition) is 1. The summed E-state index contributed by atoms with van der Waals surface area (Å²) in [5, 5.41) is 2.98. The third kappa shape index (κ3) is 2.59. The number of amides is 1. The van der Waals surface area contributed by atoms with Gasteiger partial charge in [-0.05, 0) is 25.7 Å². The molecule has 0 spiro atoms. The maximum Gasteiger partial charge on any atom is 0.471 e. The molecule has 2 aliphatic rings. The predicted molar refractivity (Wildman–Crippen MR) is 51.6 cm³/mol. The van der Waals surface area contributed by atoms with Gasteiger partial charge in [0.2, 0.25) is 0 Å². The van der Waals surface area contributed by atoms with Crippen LogP contribution in [0.2, 0.25) is 0 Å². The summed E-state index contributed by atoms with van der Waals surface area (Å²) in [6, 6.07) is -0.280. The van der Waals surface area contributed by atoms with E-state index in [0.717, 1.165) is 12.8 Å². The average Bonchev–Trinajstić information content (AvgIpc) is 2.44. The summed E-state index contributed by atoms with van der Waals surface area (Å²) in [4.78, 5) is 10.7. The molecule has 0 radical (unpaired) electrons. The van der Waals surface area contributed by atoms with Gasteiger partial charge >= 0.3 is 12.1 Å². The van der Waals surface area contributed by atoms with Gasteiger partial charge in [0.25, 0.3) is 0 Å². The third-order valence-corrected chi connectivity index (χ3v) is 4.51. The molecular weight excluding hydrogens is 227 g/mol. The van der Waals surface area contributed by atoms with Crippen molar-refractivity contribution in [3.8, 4) is 0 Å². The molecule has 1 amide bonds. The standard InChI is InChI=1S/C9H12F3NOS/c10-9(11,12)8(14)13-5-3-6-1-2-7(4-5)15-6/h5-7H,1-4H2,(H,13,14). The Kier molecular flexibility index (Phi) is 2.87. The second kappa shape index (κ2) is 3.88. The van der Waals surface area contributed by atoms with Gasteiger partial charge in [-0.15, -0.1) is 0 Å². The van der Waals surface area contributed by atoms with Gasteiger partial charge < -0.3 is 5.32 Å². The van der Waals surface area contributed by atoms with Crippen molar-refractivity contribution < 1.29 is 18.0 Å². The van der Waals surface area contributed by atoms with Crippen molar-refractivity contribution in [3.05, 3.63) is 0 Å². The molecule has 0 aromatic heterocycles. The van der Waals surface area contributed by atoms with E-state index < -0.39 is 12.1 Å². The Morgan fingerprint density at radius 2 is 1.73 bits per heavy atom. The zero-order chi connectivity index (χ0) is 11.1. The first-order valence-electron chi connectivity index (χ1n) is 4.98. The van der Waals surface area contributed by atoms with Crippen LogP contribution in [0.3, 0.4) is 0 Å². The lowest BCUT2D eigenvalue weighted by molar-refractivity contribution is -0.174. The summed E-state index contributed by atoms with van der Waals surface area (Å²) < 4.78 is 36.0. The van der Waals surface area contributed by atoms with Crippen LogP contribution in [0.15, 0.2) is 0 Å². The second-order valence-corrected chi connectivity index (χ2v) is 5.70. The fourth-order valence-corrected chi connectivity index (χ4v) is 4.02. The summed E-state index contributed by atoms with van der Waals surface area (Å²) in [6.45, 7) is 0. The number of hydrogen-bond acceptors (Lipinski definition) is 2. The highest BCUT2D eigenvalue weighted by Crippen LogP contribution is 2.43. The van der Waals surface area contributed by atoms with Gasteiger partial charge in [0.15, 0.2) is 0 Å². The summed E-state index contributed by atoms with van der Waals surface area (Å²) in [7, 11) is 0. The molecule has 15 heavy (non-hydrogen) atoms. The molecule has 2 rings (SSSR count). The Labute approximate surface area is 90.0 Å². The van der Waals surface area contributed by atoms with Crippen LogP contribution in [-0.4, -0.2) is 28.6 Å². The lowest BCUT2D eigenvalue weighted by atomic mass is 10.1. The number of carbonyl (C=O) groups is 1. The maximum absolute atomic E-state index is 12.0. The third-order valence-electron chi connectivity index (χ3n) is 2.88. The maximum atomic E-state index is 12.0. The summed E-state index contributed by atoms with van der Waals surface area (Å²) in [5.74, 6) is -1.79. The van der Waals surface area contributed by atoms with Crippen LogP contribution in [0.4, 0.5) is 13.2 Å². The number of halogens is 3. The molecule has 2 aliphatic heterocycles. The minimum atomic E-state index is -4.75.